The minimum Gasteiger partial charge on any atom is -0.508 e. The van der Waals surface area contributed by atoms with Crippen LogP contribution in [0.25, 0.3) is 5.76 Å². The first-order valence-corrected chi connectivity index (χ1v) is 10.1. The monoisotopic (exact) mass is 413 g/mol. The van der Waals surface area contributed by atoms with Crippen LogP contribution in [0.15, 0.2) is 84.4 Å². The molecule has 1 heterocycles. The van der Waals surface area contributed by atoms with E-state index in [0.29, 0.717) is 22.7 Å². The number of amides is 1. The van der Waals surface area contributed by atoms with Gasteiger partial charge in [-0.25, -0.2) is 0 Å². The second kappa shape index (κ2) is 8.11. The van der Waals surface area contributed by atoms with Crippen LogP contribution in [0.2, 0.25) is 0 Å². The van der Waals surface area contributed by atoms with E-state index in [2.05, 4.69) is 13.8 Å². The average molecular weight is 413 g/mol. The van der Waals surface area contributed by atoms with Crippen LogP contribution < -0.4 is 4.90 Å². The van der Waals surface area contributed by atoms with Crippen LogP contribution in [-0.2, 0) is 9.59 Å². The van der Waals surface area contributed by atoms with Crippen molar-refractivity contribution in [2.24, 2.45) is 0 Å². The SMILES string of the molecule is CC(C)c1ccc(N2C(=O)C(=O)/C(=C(\O)c3ccccc3)C2c2cccc(O)c2)cc1. The number of hydrogen-bond acceptors (Lipinski definition) is 4. The molecule has 1 saturated heterocycles. The number of aliphatic hydroxyl groups excluding tert-OH is 1. The fourth-order valence-electron chi connectivity index (χ4n) is 3.88. The molecule has 4 rings (SSSR count). The smallest absolute Gasteiger partial charge is 0.300 e. The zero-order chi connectivity index (χ0) is 22.1. The van der Waals surface area contributed by atoms with Gasteiger partial charge in [-0.1, -0.05) is 68.4 Å². The van der Waals surface area contributed by atoms with Crippen LogP contribution >= 0.6 is 0 Å². The molecule has 1 unspecified atom stereocenters. The number of rotatable bonds is 4. The van der Waals surface area contributed by atoms with Crippen molar-refractivity contribution in [3.05, 3.63) is 101 Å². The van der Waals surface area contributed by atoms with Gasteiger partial charge < -0.3 is 10.2 Å². The van der Waals surface area contributed by atoms with Crippen LogP contribution in [0.3, 0.4) is 0 Å². The molecule has 5 heteroatoms. The molecule has 3 aromatic rings. The zero-order valence-electron chi connectivity index (χ0n) is 17.3. The van der Waals surface area contributed by atoms with Gasteiger partial charge in [-0.2, -0.15) is 0 Å². The summed E-state index contributed by atoms with van der Waals surface area (Å²) in [5.74, 6) is -1.39. The summed E-state index contributed by atoms with van der Waals surface area (Å²) in [7, 11) is 0. The molecule has 0 spiro atoms. The Kier molecular flexibility index (Phi) is 5.34. The van der Waals surface area contributed by atoms with Crippen molar-refractivity contribution >= 4 is 23.1 Å². The normalized spacial score (nSPS) is 18.0. The Labute approximate surface area is 180 Å². The van der Waals surface area contributed by atoms with Gasteiger partial charge in [-0.15, -0.1) is 0 Å². The highest BCUT2D eigenvalue weighted by molar-refractivity contribution is 6.51. The fourth-order valence-corrected chi connectivity index (χ4v) is 3.88. The minimum atomic E-state index is -0.864. The summed E-state index contributed by atoms with van der Waals surface area (Å²) < 4.78 is 0. The van der Waals surface area contributed by atoms with E-state index in [4.69, 9.17) is 0 Å². The van der Waals surface area contributed by atoms with Gasteiger partial charge >= 0.3 is 0 Å². The third kappa shape index (κ3) is 3.70. The Morgan fingerprint density at radius 3 is 2.19 bits per heavy atom. The number of phenols is 1. The van der Waals surface area contributed by atoms with E-state index in [-0.39, 0.29) is 17.1 Å². The summed E-state index contributed by atoms with van der Waals surface area (Å²) in [5.41, 5.74) is 2.63. The van der Waals surface area contributed by atoms with Crippen LogP contribution in [0.4, 0.5) is 5.69 Å². The fraction of sp³-hybridized carbons (Fsp3) is 0.154. The lowest BCUT2D eigenvalue weighted by molar-refractivity contribution is -0.132. The molecule has 1 aliphatic heterocycles. The minimum absolute atomic E-state index is 0.00487. The molecule has 156 valence electrons. The standard InChI is InChI=1S/C26H23NO4/c1-16(2)17-11-13-20(14-12-17)27-23(19-9-6-10-21(28)15-19)22(25(30)26(27)31)24(29)18-7-4-3-5-8-18/h3-16,23,28-29H,1-2H3/b24-22-. The van der Waals surface area contributed by atoms with Gasteiger partial charge in [0.1, 0.15) is 11.5 Å². The summed E-state index contributed by atoms with van der Waals surface area (Å²) in [4.78, 5) is 27.6. The van der Waals surface area contributed by atoms with Gasteiger partial charge in [0.2, 0.25) is 0 Å². The van der Waals surface area contributed by atoms with Crippen LogP contribution in [-0.4, -0.2) is 21.9 Å². The lowest BCUT2D eigenvalue weighted by Crippen LogP contribution is -2.29. The Morgan fingerprint density at radius 2 is 1.58 bits per heavy atom. The highest BCUT2D eigenvalue weighted by atomic mass is 16.3. The topological polar surface area (TPSA) is 77.8 Å². The number of phenolic OH excluding ortho intramolecular Hbond substituents is 1. The van der Waals surface area contributed by atoms with E-state index in [1.165, 1.54) is 17.0 Å². The van der Waals surface area contributed by atoms with Crippen molar-refractivity contribution in [2.45, 2.75) is 25.8 Å². The summed E-state index contributed by atoms with van der Waals surface area (Å²) in [6.07, 6.45) is 0. The molecule has 5 nitrogen and oxygen atoms in total. The summed E-state index contributed by atoms with van der Waals surface area (Å²) >= 11 is 0. The number of ketones is 1. The molecule has 0 bridgehead atoms. The van der Waals surface area contributed by atoms with E-state index >= 15 is 0 Å². The Balaban J connectivity index is 1.92. The third-order valence-electron chi connectivity index (χ3n) is 5.52. The molecule has 1 fully saturated rings. The average Bonchev–Trinajstić information content (AvgIpc) is 3.04. The maximum absolute atomic E-state index is 13.1. The van der Waals surface area contributed by atoms with Gasteiger partial charge in [0, 0.05) is 11.3 Å². The maximum Gasteiger partial charge on any atom is 0.300 e. The molecule has 0 aliphatic carbocycles. The van der Waals surface area contributed by atoms with E-state index < -0.39 is 17.7 Å². The summed E-state index contributed by atoms with van der Waals surface area (Å²) in [5, 5.41) is 21.0. The third-order valence-corrected chi connectivity index (χ3v) is 5.52. The number of aromatic hydroxyl groups is 1. The quantitative estimate of drug-likeness (QED) is 0.353. The highest BCUT2D eigenvalue weighted by Crippen LogP contribution is 2.42. The molecule has 1 atom stereocenters. The number of nitrogens with zero attached hydrogens (tertiary/aromatic N) is 1. The zero-order valence-corrected chi connectivity index (χ0v) is 17.3. The van der Waals surface area contributed by atoms with Crippen molar-refractivity contribution in [2.75, 3.05) is 4.90 Å². The van der Waals surface area contributed by atoms with E-state index in [1.807, 2.05) is 12.1 Å². The molecule has 2 N–H and O–H groups in total. The molecule has 0 radical (unpaired) electrons. The van der Waals surface area contributed by atoms with E-state index in [9.17, 15) is 19.8 Å². The van der Waals surface area contributed by atoms with E-state index in [0.717, 1.165) is 5.56 Å². The number of carbonyl (C=O) groups is 2. The van der Waals surface area contributed by atoms with E-state index in [1.54, 1.807) is 54.6 Å². The summed E-state index contributed by atoms with van der Waals surface area (Å²) in [6.45, 7) is 4.15. The number of aliphatic hydroxyl groups is 1. The number of hydrogen-bond donors (Lipinski definition) is 2. The van der Waals surface area contributed by atoms with Gasteiger partial charge in [0.05, 0.1) is 11.6 Å². The lowest BCUT2D eigenvalue weighted by atomic mass is 9.95. The number of anilines is 1. The molecular formula is C26H23NO4. The summed E-state index contributed by atoms with van der Waals surface area (Å²) in [6, 6.07) is 21.7. The van der Waals surface area contributed by atoms with Gasteiger partial charge in [0.15, 0.2) is 0 Å². The Morgan fingerprint density at radius 1 is 0.903 bits per heavy atom. The number of benzene rings is 3. The predicted molar refractivity (Wildman–Crippen MR) is 120 cm³/mol. The second-order valence-corrected chi connectivity index (χ2v) is 7.88. The molecule has 0 saturated carbocycles. The Hall–Kier alpha value is -3.86. The lowest BCUT2D eigenvalue weighted by Gasteiger charge is -2.26. The van der Waals surface area contributed by atoms with Crippen LogP contribution in [0, 0.1) is 0 Å². The first kappa shape index (κ1) is 20.4. The van der Waals surface area contributed by atoms with Gasteiger partial charge in [-0.05, 0) is 41.3 Å². The van der Waals surface area contributed by atoms with Gasteiger partial charge in [-0.3, -0.25) is 14.5 Å². The molecule has 31 heavy (non-hydrogen) atoms. The van der Waals surface area contributed by atoms with Crippen molar-refractivity contribution in [3.8, 4) is 5.75 Å². The largest absolute Gasteiger partial charge is 0.508 e. The highest BCUT2D eigenvalue weighted by Gasteiger charge is 2.47. The molecule has 3 aromatic carbocycles. The second-order valence-electron chi connectivity index (χ2n) is 7.88. The van der Waals surface area contributed by atoms with Crippen molar-refractivity contribution in [1.29, 1.82) is 0 Å². The van der Waals surface area contributed by atoms with Crippen LogP contribution in [0.1, 0.15) is 42.5 Å². The van der Waals surface area contributed by atoms with Gasteiger partial charge in [0.25, 0.3) is 11.7 Å². The van der Waals surface area contributed by atoms with Crippen molar-refractivity contribution < 1.29 is 19.8 Å². The van der Waals surface area contributed by atoms with Crippen molar-refractivity contribution in [1.82, 2.24) is 0 Å². The van der Waals surface area contributed by atoms with Crippen molar-refractivity contribution in [3.63, 3.8) is 0 Å². The molecule has 1 amide bonds. The molecule has 1 aliphatic rings. The first-order chi connectivity index (χ1) is 14.9. The number of Topliss-reactive ketones (excluding diaryl/α,β-unsaturated/α-hetero) is 1. The number of carbonyl (C=O) groups excluding carboxylic acids is 2. The predicted octanol–water partition coefficient (Wildman–Crippen LogP) is 5.14. The van der Waals surface area contributed by atoms with Crippen LogP contribution in [0.5, 0.6) is 5.75 Å². The first-order valence-electron chi connectivity index (χ1n) is 10.1. The molecular weight excluding hydrogens is 390 g/mol. The maximum atomic E-state index is 13.1. The Bertz CT molecular complexity index is 1160. The molecule has 0 aromatic heterocycles.